The van der Waals surface area contributed by atoms with E-state index in [1.165, 1.54) is 11.3 Å². The van der Waals surface area contributed by atoms with Crippen LogP contribution in [0, 0.1) is 5.92 Å². The number of carbonyl (C=O) groups is 1. The molecule has 0 saturated carbocycles. The molecule has 0 aliphatic rings. The van der Waals surface area contributed by atoms with Gasteiger partial charge < -0.3 is 10.2 Å². The monoisotopic (exact) mass is 288 g/mol. The molecule has 0 aromatic carbocycles. The number of amides is 1. The summed E-state index contributed by atoms with van der Waals surface area (Å²) < 4.78 is 0.772. The molecular weight excluding hydrogens is 268 g/mol. The maximum absolute atomic E-state index is 12.2. The summed E-state index contributed by atoms with van der Waals surface area (Å²) in [5.41, 5.74) is 0. The van der Waals surface area contributed by atoms with Crippen molar-refractivity contribution in [3.05, 3.63) is 21.3 Å². The normalized spacial score (nSPS) is 12.4. The molecule has 1 unspecified atom stereocenters. The van der Waals surface area contributed by atoms with Gasteiger partial charge >= 0.3 is 0 Å². The Morgan fingerprint density at radius 1 is 1.50 bits per heavy atom. The van der Waals surface area contributed by atoms with E-state index in [4.69, 9.17) is 11.6 Å². The van der Waals surface area contributed by atoms with Gasteiger partial charge in [0, 0.05) is 23.9 Å². The lowest BCUT2D eigenvalue weighted by Gasteiger charge is -2.24. The van der Waals surface area contributed by atoms with Gasteiger partial charge in [0.15, 0.2) is 0 Å². The lowest BCUT2D eigenvalue weighted by molar-refractivity contribution is -0.135. The summed E-state index contributed by atoms with van der Waals surface area (Å²) >= 11 is 7.44. The van der Waals surface area contributed by atoms with Gasteiger partial charge in [0.05, 0.1) is 10.9 Å². The predicted molar refractivity (Wildman–Crippen MR) is 78.1 cm³/mol. The first-order chi connectivity index (χ1) is 8.58. The number of hydrogen-bond donors (Lipinski definition) is 1. The molecule has 1 aromatic rings. The zero-order valence-corrected chi connectivity index (χ0v) is 12.8. The summed E-state index contributed by atoms with van der Waals surface area (Å²) in [6.07, 6.45) is 0. The van der Waals surface area contributed by atoms with E-state index in [0.717, 1.165) is 28.8 Å². The van der Waals surface area contributed by atoms with E-state index in [9.17, 15) is 4.79 Å². The molecule has 0 bridgehead atoms. The van der Waals surface area contributed by atoms with Crippen molar-refractivity contribution < 1.29 is 4.79 Å². The van der Waals surface area contributed by atoms with Crippen LogP contribution >= 0.6 is 22.9 Å². The summed E-state index contributed by atoms with van der Waals surface area (Å²) in [6, 6.07) is 3.86. The summed E-state index contributed by atoms with van der Waals surface area (Å²) in [5.74, 6) is 0.211. The lowest BCUT2D eigenvalue weighted by atomic mass is 10.1. The molecule has 1 atom stereocenters. The van der Waals surface area contributed by atoms with Crippen LogP contribution in [0.3, 0.4) is 0 Å². The summed E-state index contributed by atoms with van der Waals surface area (Å²) in [7, 11) is 0. The van der Waals surface area contributed by atoms with Crippen molar-refractivity contribution >= 4 is 28.8 Å². The Bertz CT molecular complexity index is 381. The first-order valence-corrected chi connectivity index (χ1v) is 7.51. The highest BCUT2D eigenvalue weighted by Crippen LogP contribution is 2.23. The molecule has 0 aliphatic heterocycles. The van der Waals surface area contributed by atoms with Crippen LogP contribution in [0.2, 0.25) is 4.34 Å². The van der Waals surface area contributed by atoms with Gasteiger partial charge in [0.1, 0.15) is 0 Å². The van der Waals surface area contributed by atoms with Crippen molar-refractivity contribution in [1.82, 2.24) is 10.2 Å². The SMILES string of the molecule is CCNCC(C)C(=O)N(CC)Cc1ccc(Cl)s1. The number of carbonyl (C=O) groups excluding carboxylic acids is 1. The molecule has 102 valence electrons. The van der Waals surface area contributed by atoms with Crippen LogP contribution in [0.25, 0.3) is 0 Å². The number of rotatable bonds is 7. The summed E-state index contributed by atoms with van der Waals surface area (Å²) in [6.45, 7) is 9.03. The van der Waals surface area contributed by atoms with Crippen LogP contribution in [0.15, 0.2) is 12.1 Å². The summed E-state index contributed by atoms with van der Waals surface area (Å²) in [4.78, 5) is 15.3. The van der Waals surface area contributed by atoms with E-state index >= 15 is 0 Å². The Morgan fingerprint density at radius 3 is 2.72 bits per heavy atom. The first kappa shape index (κ1) is 15.5. The maximum atomic E-state index is 12.2. The van der Waals surface area contributed by atoms with E-state index in [1.54, 1.807) is 0 Å². The van der Waals surface area contributed by atoms with Crippen LogP contribution in [-0.4, -0.2) is 30.4 Å². The zero-order valence-electron chi connectivity index (χ0n) is 11.2. The average Bonchev–Trinajstić information content (AvgIpc) is 2.77. The number of nitrogens with one attached hydrogen (secondary N) is 1. The van der Waals surface area contributed by atoms with Gasteiger partial charge in [-0.1, -0.05) is 25.4 Å². The van der Waals surface area contributed by atoms with Crippen molar-refractivity contribution in [2.75, 3.05) is 19.6 Å². The second kappa shape index (κ2) is 7.77. The second-order valence-electron chi connectivity index (χ2n) is 4.27. The quantitative estimate of drug-likeness (QED) is 0.836. The van der Waals surface area contributed by atoms with Gasteiger partial charge in [-0.15, -0.1) is 11.3 Å². The van der Waals surface area contributed by atoms with Gasteiger partial charge in [-0.3, -0.25) is 4.79 Å². The second-order valence-corrected chi connectivity index (χ2v) is 6.07. The Labute approximate surface area is 118 Å². The van der Waals surface area contributed by atoms with Crippen molar-refractivity contribution in [2.45, 2.75) is 27.3 Å². The fraction of sp³-hybridized carbons (Fsp3) is 0.615. The lowest BCUT2D eigenvalue weighted by Crippen LogP contribution is -2.38. The molecule has 0 aliphatic carbocycles. The third-order valence-corrected chi connectivity index (χ3v) is 4.01. The van der Waals surface area contributed by atoms with Crippen molar-refractivity contribution in [3.8, 4) is 0 Å². The van der Waals surface area contributed by atoms with Crippen LogP contribution in [0.1, 0.15) is 25.6 Å². The molecule has 5 heteroatoms. The van der Waals surface area contributed by atoms with Crippen LogP contribution in [-0.2, 0) is 11.3 Å². The minimum absolute atomic E-state index is 0.0142. The van der Waals surface area contributed by atoms with E-state index < -0.39 is 0 Å². The number of halogens is 1. The molecule has 1 N–H and O–H groups in total. The predicted octanol–water partition coefficient (Wildman–Crippen LogP) is 3.00. The molecular formula is C13H21ClN2OS. The first-order valence-electron chi connectivity index (χ1n) is 6.32. The van der Waals surface area contributed by atoms with Gasteiger partial charge in [-0.25, -0.2) is 0 Å². The summed E-state index contributed by atoms with van der Waals surface area (Å²) in [5, 5.41) is 3.21. The van der Waals surface area contributed by atoms with E-state index in [2.05, 4.69) is 5.32 Å². The number of hydrogen-bond acceptors (Lipinski definition) is 3. The highest BCUT2D eigenvalue weighted by atomic mass is 35.5. The Balaban J connectivity index is 2.57. The minimum Gasteiger partial charge on any atom is -0.338 e. The van der Waals surface area contributed by atoms with Gasteiger partial charge in [-0.05, 0) is 25.6 Å². The van der Waals surface area contributed by atoms with Crippen molar-refractivity contribution in [3.63, 3.8) is 0 Å². The molecule has 0 radical (unpaired) electrons. The molecule has 0 fully saturated rings. The Kier molecular flexibility index (Phi) is 6.68. The van der Waals surface area contributed by atoms with Gasteiger partial charge in [0.25, 0.3) is 0 Å². The Morgan fingerprint density at radius 2 is 2.22 bits per heavy atom. The molecule has 18 heavy (non-hydrogen) atoms. The van der Waals surface area contributed by atoms with Crippen molar-refractivity contribution in [1.29, 1.82) is 0 Å². The molecule has 1 amide bonds. The van der Waals surface area contributed by atoms with E-state index in [-0.39, 0.29) is 11.8 Å². The van der Waals surface area contributed by atoms with Crippen LogP contribution in [0.4, 0.5) is 0 Å². The van der Waals surface area contributed by atoms with E-state index in [1.807, 2.05) is 37.8 Å². The molecule has 3 nitrogen and oxygen atoms in total. The molecule has 0 saturated heterocycles. The maximum Gasteiger partial charge on any atom is 0.227 e. The molecule has 1 heterocycles. The van der Waals surface area contributed by atoms with E-state index in [0.29, 0.717) is 6.54 Å². The zero-order chi connectivity index (χ0) is 13.5. The molecule has 1 rings (SSSR count). The third-order valence-electron chi connectivity index (χ3n) is 2.79. The Hall–Kier alpha value is -0.580. The van der Waals surface area contributed by atoms with Crippen molar-refractivity contribution in [2.24, 2.45) is 5.92 Å². The fourth-order valence-electron chi connectivity index (χ4n) is 1.73. The largest absolute Gasteiger partial charge is 0.338 e. The third kappa shape index (κ3) is 4.59. The van der Waals surface area contributed by atoms with Crippen LogP contribution < -0.4 is 5.32 Å². The standard InChI is InChI=1S/C13H21ClN2OS/c1-4-15-8-10(3)13(17)16(5-2)9-11-6-7-12(14)18-11/h6-7,10,15H,4-5,8-9H2,1-3H3. The minimum atomic E-state index is 0.0142. The van der Waals surface area contributed by atoms with Crippen LogP contribution in [0.5, 0.6) is 0 Å². The highest BCUT2D eigenvalue weighted by Gasteiger charge is 2.19. The highest BCUT2D eigenvalue weighted by molar-refractivity contribution is 7.16. The van der Waals surface area contributed by atoms with Gasteiger partial charge in [-0.2, -0.15) is 0 Å². The van der Waals surface area contributed by atoms with Gasteiger partial charge in [0.2, 0.25) is 5.91 Å². The fourth-order valence-corrected chi connectivity index (χ4v) is 2.83. The topological polar surface area (TPSA) is 32.3 Å². The smallest absolute Gasteiger partial charge is 0.227 e. The molecule has 0 spiro atoms. The number of nitrogens with zero attached hydrogens (tertiary/aromatic N) is 1. The molecule has 1 aromatic heterocycles. The number of thiophene rings is 1. The average molecular weight is 289 g/mol.